The Morgan fingerprint density at radius 3 is 2.86 bits per heavy atom. The van der Waals surface area contributed by atoms with Crippen molar-refractivity contribution in [3.63, 3.8) is 0 Å². The average Bonchev–Trinajstić information content (AvgIpc) is 3.04. The van der Waals surface area contributed by atoms with Gasteiger partial charge in [-0.1, -0.05) is 25.1 Å². The van der Waals surface area contributed by atoms with E-state index in [1.165, 1.54) is 48.2 Å². The van der Waals surface area contributed by atoms with E-state index in [1.54, 1.807) is 12.3 Å². The van der Waals surface area contributed by atoms with E-state index in [2.05, 4.69) is 23.2 Å². The second kappa shape index (κ2) is 7.08. The Labute approximate surface area is 171 Å². The van der Waals surface area contributed by atoms with Crippen molar-refractivity contribution in [2.75, 3.05) is 0 Å². The Morgan fingerprint density at radius 2 is 2.00 bits per heavy atom. The molecule has 0 amide bonds. The fraction of sp³-hybridized carbons (Fsp3) is 0.440. The number of aromatic hydroxyl groups is 1. The molecular formula is C25H27FN2O. The number of fused-ring (bicyclic) bond motifs is 5. The molecule has 0 radical (unpaired) electrons. The van der Waals surface area contributed by atoms with Crippen LogP contribution in [0.25, 0.3) is 0 Å². The summed E-state index contributed by atoms with van der Waals surface area (Å²) < 4.78 is 13.4. The van der Waals surface area contributed by atoms with Crippen LogP contribution in [0.4, 0.5) is 4.39 Å². The van der Waals surface area contributed by atoms with E-state index >= 15 is 0 Å². The summed E-state index contributed by atoms with van der Waals surface area (Å²) in [6, 6.07) is 12.4. The van der Waals surface area contributed by atoms with Gasteiger partial charge in [-0.05, 0) is 97.2 Å². The van der Waals surface area contributed by atoms with Gasteiger partial charge in [-0.25, -0.2) is 4.39 Å². The molecule has 150 valence electrons. The van der Waals surface area contributed by atoms with Gasteiger partial charge in [-0.3, -0.25) is 0 Å². The van der Waals surface area contributed by atoms with Gasteiger partial charge in [0, 0.05) is 11.1 Å². The topological polar surface area (TPSA) is 45.0 Å². The van der Waals surface area contributed by atoms with Gasteiger partial charge in [0.05, 0.1) is 6.21 Å². The highest BCUT2D eigenvalue weighted by atomic mass is 19.1. The monoisotopic (exact) mass is 390 g/mol. The van der Waals surface area contributed by atoms with Crippen LogP contribution in [-0.2, 0) is 6.42 Å². The molecule has 0 aromatic heterocycles. The molecule has 2 saturated carbocycles. The summed E-state index contributed by atoms with van der Waals surface area (Å²) in [5.41, 5.74) is 4.86. The van der Waals surface area contributed by atoms with Gasteiger partial charge in [-0.15, -0.1) is 0 Å². The standard InChI is InChI=1S/C25H27FN2O/c1-25-12-11-21-20-8-6-19(29)14-17(20)5-7-22(21)23(25)9-10-24(25)28-27-15-16-3-2-4-18(26)13-16/h2-4,6,8,13-15,21-23,29H,5,7,9-12H2,1H3/b27-15+,28-24+. The fourth-order valence-electron chi connectivity index (χ4n) is 6.27. The Kier molecular flexibility index (Phi) is 4.53. The second-order valence-corrected chi connectivity index (χ2v) is 9.14. The summed E-state index contributed by atoms with van der Waals surface area (Å²) in [4.78, 5) is 0. The average molecular weight is 391 g/mol. The molecule has 1 N–H and O–H groups in total. The highest BCUT2D eigenvalue weighted by Gasteiger charge is 2.53. The lowest BCUT2D eigenvalue weighted by Crippen LogP contribution is -2.42. The first-order valence-corrected chi connectivity index (χ1v) is 10.7. The molecule has 0 saturated heterocycles. The largest absolute Gasteiger partial charge is 0.508 e. The van der Waals surface area contributed by atoms with Gasteiger partial charge in [0.25, 0.3) is 0 Å². The Balaban J connectivity index is 1.38. The quantitative estimate of drug-likeness (QED) is 0.506. The van der Waals surface area contributed by atoms with Crippen molar-refractivity contribution in [1.29, 1.82) is 0 Å². The summed E-state index contributed by atoms with van der Waals surface area (Å²) >= 11 is 0. The van der Waals surface area contributed by atoms with E-state index in [-0.39, 0.29) is 11.2 Å². The first-order valence-electron chi connectivity index (χ1n) is 10.7. The number of aryl methyl sites for hydroxylation is 1. The van der Waals surface area contributed by atoms with Crippen LogP contribution in [0.3, 0.4) is 0 Å². The van der Waals surface area contributed by atoms with Crippen molar-refractivity contribution in [2.45, 2.75) is 51.4 Å². The maximum atomic E-state index is 13.4. The first-order chi connectivity index (χ1) is 14.0. The van der Waals surface area contributed by atoms with E-state index in [9.17, 15) is 9.50 Å². The van der Waals surface area contributed by atoms with E-state index in [0.717, 1.165) is 24.8 Å². The van der Waals surface area contributed by atoms with E-state index in [0.29, 0.717) is 23.5 Å². The lowest BCUT2D eigenvalue weighted by molar-refractivity contribution is 0.0955. The molecule has 0 heterocycles. The molecule has 3 nitrogen and oxygen atoms in total. The number of phenolic OH excluding ortho intramolecular Hbond substituents is 1. The number of benzene rings is 2. The zero-order chi connectivity index (χ0) is 20.0. The lowest BCUT2D eigenvalue weighted by Gasteiger charge is -2.49. The fourth-order valence-corrected chi connectivity index (χ4v) is 6.27. The second-order valence-electron chi connectivity index (χ2n) is 9.14. The summed E-state index contributed by atoms with van der Waals surface area (Å²) in [7, 11) is 0. The van der Waals surface area contributed by atoms with E-state index in [1.807, 2.05) is 18.2 Å². The molecule has 29 heavy (non-hydrogen) atoms. The summed E-state index contributed by atoms with van der Waals surface area (Å²) in [6.07, 6.45) is 8.40. The minimum Gasteiger partial charge on any atom is -0.508 e. The van der Waals surface area contributed by atoms with Crippen LogP contribution < -0.4 is 0 Å². The van der Waals surface area contributed by atoms with Gasteiger partial charge in [0.15, 0.2) is 0 Å². The van der Waals surface area contributed by atoms with E-state index in [4.69, 9.17) is 0 Å². The number of halogens is 1. The molecule has 0 aliphatic heterocycles. The van der Waals surface area contributed by atoms with Crippen LogP contribution in [0.2, 0.25) is 0 Å². The van der Waals surface area contributed by atoms with Gasteiger partial charge >= 0.3 is 0 Å². The highest BCUT2D eigenvalue weighted by Crippen LogP contribution is 2.60. The number of phenols is 1. The van der Waals surface area contributed by atoms with Crippen molar-refractivity contribution in [1.82, 2.24) is 0 Å². The molecule has 5 rings (SSSR count). The molecule has 0 spiro atoms. The van der Waals surface area contributed by atoms with Crippen molar-refractivity contribution >= 4 is 11.9 Å². The molecule has 2 aromatic carbocycles. The lowest BCUT2D eigenvalue weighted by atomic mass is 9.55. The molecule has 2 aromatic rings. The maximum absolute atomic E-state index is 13.4. The zero-order valence-electron chi connectivity index (χ0n) is 16.8. The minimum atomic E-state index is -0.251. The van der Waals surface area contributed by atoms with Crippen LogP contribution in [0.5, 0.6) is 5.75 Å². The van der Waals surface area contributed by atoms with Crippen LogP contribution in [-0.4, -0.2) is 17.0 Å². The Bertz CT molecular complexity index is 998. The van der Waals surface area contributed by atoms with Gasteiger partial charge in [-0.2, -0.15) is 10.2 Å². The smallest absolute Gasteiger partial charge is 0.123 e. The highest BCUT2D eigenvalue weighted by molar-refractivity contribution is 5.93. The molecule has 0 bridgehead atoms. The first kappa shape index (κ1) is 18.5. The van der Waals surface area contributed by atoms with Gasteiger partial charge in [0.1, 0.15) is 11.6 Å². The molecule has 3 aliphatic carbocycles. The number of hydrogen-bond acceptors (Lipinski definition) is 3. The van der Waals surface area contributed by atoms with Crippen molar-refractivity contribution < 1.29 is 9.50 Å². The summed E-state index contributed by atoms with van der Waals surface area (Å²) in [6.45, 7) is 2.38. The van der Waals surface area contributed by atoms with E-state index < -0.39 is 0 Å². The maximum Gasteiger partial charge on any atom is 0.123 e. The van der Waals surface area contributed by atoms with Crippen LogP contribution >= 0.6 is 0 Å². The SMILES string of the molecule is CC12CCC3c4ccc(O)cc4CCC3C1CC/C2=N\N=C\c1cccc(F)c1. The van der Waals surface area contributed by atoms with Gasteiger partial charge in [0.2, 0.25) is 0 Å². The van der Waals surface area contributed by atoms with Crippen LogP contribution in [0.15, 0.2) is 52.7 Å². The number of hydrogen-bond donors (Lipinski definition) is 1. The van der Waals surface area contributed by atoms with Crippen molar-refractivity contribution in [3.05, 3.63) is 65.0 Å². The van der Waals surface area contributed by atoms with Crippen LogP contribution in [0.1, 0.15) is 61.6 Å². The molecule has 4 atom stereocenters. The normalized spacial score (nSPS) is 32.2. The predicted octanol–water partition coefficient (Wildman–Crippen LogP) is 5.86. The minimum absolute atomic E-state index is 0.120. The Hall–Kier alpha value is -2.49. The molecule has 4 unspecified atom stereocenters. The van der Waals surface area contributed by atoms with Crippen LogP contribution in [0, 0.1) is 23.1 Å². The third kappa shape index (κ3) is 3.19. The molecule has 3 aliphatic rings. The van der Waals surface area contributed by atoms with Gasteiger partial charge < -0.3 is 5.11 Å². The molecule has 4 heteroatoms. The summed E-state index contributed by atoms with van der Waals surface area (Å²) in [5, 5.41) is 18.8. The Morgan fingerprint density at radius 1 is 1.10 bits per heavy atom. The molecule has 2 fully saturated rings. The van der Waals surface area contributed by atoms with Crippen molar-refractivity contribution in [3.8, 4) is 5.75 Å². The molecular weight excluding hydrogens is 363 g/mol. The summed E-state index contributed by atoms with van der Waals surface area (Å²) in [5.74, 6) is 2.07. The zero-order valence-corrected chi connectivity index (χ0v) is 16.8. The third-order valence-corrected chi connectivity index (χ3v) is 7.69. The predicted molar refractivity (Wildman–Crippen MR) is 114 cm³/mol. The number of nitrogens with zero attached hydrogens (tertiary/aromatic N) is 2. The van der Waals surface area contributed by atoms with Crippen molar-refractivity contribution in [2.24, 2.45) is 27.5 Å². The number of rotatable bonds is 2. The third-order valence-electron chi connectivity index (χ3n) is 7.69.